The molecule has 0 aromatic carbocycles. The van der Waals surface area contributed by atoms with Crippen molar-refractivity contribution >= 4 is 0 Å². The molecule has 0 aromatic rings. The van der Waals surface area contributed by atoms with Crippen LogP contribution in [0.5, 0.6) is 0 Å². The van der Waals surface area contributed by atoms with Crippen LogP contribution in [0, 0.1) is 0 Å². The van der Waals surface area contributed by atoms with Gasteiger partial charge in [0.25, 0.3) is 0 Å². The van der Waals surface area contributed by atoms with Crippen LogP contribution in [0.1, 0.15) is 44.9 Å². The molecule has 1 aliphatic heterocycles. The molecule has 12 heavy (non-hydrogen) atoms. The van der Waals surface area contributed by atoms with Gasteiger partial charge in [0.2, 0.25) is 0 Å². The second-order valence-electron chi connectivity index (χ2n) is 4.52. The second kappa shape index (κ2) is 3.35. The Bertz CT molecular complexity index is 144. The van der Waals surface area contributed by atoms with E-state index in [1.54, 1.807) is 0 Å². The SMILES string of the molecule is NC1CCNC2(CCCCC2)C1. The summed E-state index contributed by atoms with van der Waals surface area (Å²) >= 11 is 0. The van der Waals surface area contributed by atoms with Gasteiger partial charge in [0, 0.05) is 11.6 Å². The Kier molecular flexibility index (Phi) is 2.37. The zero-order chi connectivity index (χ0) is 8.44. The van der Waals surface area contributed by atoms with Crippen molar-refractivity contribution in [3.63, 3.8) is 0 Å². The summed E-state index contributed by atoms with van der Waals surface area (Å²) < 4.78 is 0. The lowest BCUT2D eigenvalue weighted by Gasteiger charge is -2.43. The van der Waals surface area contributed by atoms with Crippen LogP contribution in [0.25, 0.3) is 0 Å². The van der Waals surface area contributed by atoms with E-state index in [2.05, 4.69) is 5.32 Å². The van der Waals surface area contributed by atoms with E-state index < -0.39 is 0 Å². The Balaban J connectivity index is 1.97. The highest BCUT2D eigenvalue weighted by molar-refractivity contribution is 4.96. The molecule has 2 heteroatoms. The van der Waals surface area contributed by atoms with E-state index in [0.29, 0.717) is 11.6 Å². The van der Waals surface area contributed by atoms with E-state index in [0.717, 1.165) is 6.54 Å². The third-order valence-electron chi connectivity index (χ3n) is 3.48. The fraction of sp³-hybridized carbons (Fsp3) is 1.00. The molecule has 1 unspecified atom stereocenters. The molecule has 2 nitrogen and oxygen atoms in total. The van der Waals surface area contributed by atoms with Crippen LogP contribution in [-0.4, -0.2) is 18.1 Å². The van der Waals surface area contributed by atoms with E-state index in [-0.39, 0.29) is 0 Å². The maximum atomic E-state index is 6.00. The maximum absolute atomic E-state index is 6.00. The molecule has 0 amide bonds. The highest BCUT2D eigenvalue weighted by Gasteiger charge is 2.35. The van der Waals surface area contributed by atoms with Gasteiger partial charge in [0.1, 0.15) is 0 Å². The molecule has 2 aliphatic rings. The predicted octanol–water partition coefficient (Wildman–Crippen LogP) is 1.40. The Morgan fingerprint density at radius 1 is 1.17 bits per heavy atom. The average molecular weight is 168 g/mol. The first-order valence-electron chi connectivity index (χ1n) is 5.31. The molecule has 1 saturated carbocycles. The number of nitrogens with one attached hydrogen (secondary N) is 1. The number of piperidine rings is 1. The van der Waals surface area contributed by atoms with Gasteiger partial charge in [-0.05, 0) is 32.2 Å². The third kappa shape index (κ3) is 1.64. The van der Waals surface area contributed by atoms with Crippen LogP contribution < -0.4 is 11.1 Å². The van der Waals surface area contributed by atoms with Crippen LogP contribution >= 0.6 is 0 Å². The second-order valence-corrected chi connectivity index (χ2v) is 4.52. The molecular weight excluding hydrogens is 148 g/mol. The average Bonchev–Trinajstić information content (AvgIpc) is 2.05. The van der Waals surface area contributed by atoms with E-state index in [1.807, 2.05) is 0 Å². The lowest BCUT2D eigenvalue weighted by atomic mass is 9.75. The lowest BCUT2D eigenvalue weighted by molar-refractivity contribution is 0.170. The Labute approximate surface area is 74.9 Å². The summed E-state index contributed by atoms with van der Waals surface area (Å²) in [6.07, 6.45) is 9.34. The van der Waals surface area contributed by atoms with Gasteiger partial charge in [-0.25, -0.2) is 0 Å². The van der Waals surface area contributed by atoms with Gasteiger partial charge in [-0.1, -0.05) is 19.3 Å². The third-order valence-corrected chi connectivity index (χ3v) is 3.48. The zero-order valence-electron chi connectivity index (χ0n) is 7.81. The first kappa shape index (κ1) is 8.52. The van der Waals surface area contributed by atoms with Gasteiger partial charge < -0.3 is 11.1 Å². The van der Waals surface area contributed by atoms with Crippen molar-refractivity contribution in [2.24, 2.45) is 5.73 Å². The zero-order valence-corrected chi connectivity index (χ0v) is 7.81. The largest absolute Gasteiger partial charge is 0.328 e. The molecule has 2 rings (SSSR count). The van der Waals surface area contributed by atoms with Crippen LogP contribution in [0.3, 0.4) is 0 Å². The van der Waals surface area contributed by atoms with Crippen molar-refractivity contribution in [1.82, 2.24) is 5.32 Å². The number of rotatable bonds is 0. The van der Waals surface area contributed by atoms with Crippen LogP contribution in [0.4, 0.5) is 0 Å². The minimum atomic E-state index is 0.454. The molecule has 1 saturated heterocycles. The van der Waals surface area contributed by atoms with Crippen molar-refractivity contribution < 1.29 is 0 Å². The first-order chi connectivity index (χ1) is 5.81. The number of nitrogens with two attached hydrogens (primary N) is 1. The lowest BCUT2D eigenvalue weighted by Crippen LogP contribution is -2.55. The highest BCUT2D eigenvalue weighted by Crippen LogP contribution is 2.33. The molecule has 1 spiro atoms. The summed E-state index contributed by atoms with van der Waals surface area (Å²) in [5.74, 6) is 0. The molecule has 0 radical (unpaired) electrons. The molecule has 1 aliphatic carbocycles. The topological polar surface area (TPSA) is 38.0 Å². The van der Waals surface area contributed by atoms with Gasteiger partial charge in [0.05, 0.1) is 0 Å². The van der Waals surface area contributed by atoms with Gasteiger partial charge in [-0.3, -0.25) is 0 Å². The summed E-state index contributed by atoms with van der Waals surface area (Å²) in [6, 6.07) is 0.462. The number of hydrogen-bond acceptors (Lipinski definition) is 2. The summed E-state index contributed by atoms with van der Waals surface area (Å²) in [7, 11) is 0. The quantitative estimate of drug-likeness (QED) is 0.574. The Morgan fingerprint density at radius 2 is 1.92 bits per heavy atom. The Hall–Kier alpha value is -0.0800. The number of hydrogen-bond donors (Lipinski definition) is 2. The van der Waals surface area contributed by atoms with Crippen molar-refractivity contribution in [1.29, 1.82) is 0 Å². The van der Waals surface area contributed by atoms with E-state index in [4.69, 9.17) is 5.73 Å². The fourth-order valence-corrected chi connectivity index (χ4v) is 2.81. The highest BCUT2D eigenvalue weighted by atomic mass is 15.0. The fourth-order valence-electron chi connectivity index (χ4n) is 2.81. The minimum absolute atomic E-state index is 0.454. The van der Waals surface area contributed by atoms with Crippen LogP contribution in [-0.2, 0) is 0 Å². The summed E-state index contributed by atoms with van der Waals surface area (Å²) in [5, 5.41) is 3.68. The molecule has 1 atom stereocenters. The maximum Gasteiger partial charge on any atom is 0.0196 e. The van der Waals surface area contributed by atoms with E-state index >= 15 is 0 Å². The van der Waals surface area contributed by atoms with Crippen molar-refractivity contribution in [3.05, 3.63) is 0 Å². The van der Waals surface area contributed by atoms with E-state index in [1.165, 1.54) is 44.9 Å². The monoisotopic (exact) mass is 168 g/mol. The summed E-state index contributed by atoms with van der Waals surface area (Å²) in [4.78, 5) is 0. The van der Waals surface area contributed by atoms with Crippen molar-refractivity contribution in [3.8, 4) is 0 Å². The predicted molar refractivity (Wildman–Crippen MR) is 51.0 cm³/mol. The Morgan fingerprint density at radius 3 is 2.58 bits per heavy atom. The van der Waals surface area contributed by atoms with Crippen LogP contribution in [0.2, 0.25) is 0 Å². The molecule has 0 bridgehead atoms. The van der Waals surface area contributed by atoms with E-state index in [9.17, 15) is 0 Å². The minimum Gasteiger partial charge on any atom is -0.328 e. The molecule has 2 fully saturated rings. The smallest absolute Gasteiger partial charge is 0.0196 e. The molecule has 70 valence electrons. The summed E-state index contributed by atoms with van der Waals surface area (Å²) in [5.41, 5.74) is 6.45. The standard InChI is InChI=1S/C10H20N2/c11-9-4-7-12-10(8-9)5-2-1-3-6-10/h9,12H,1-8,11H2. The molecule has 3 N–H and O–H groups in total. The summed E-state index contributed by atoms with van der Waals surface area (Å²) in [6.45, 7) is 1.14. The van der Waals surface area contributed by atoms with Gasteiger partial charge in [0.15, 0.2) is 0 Å². The van der Waals surface area contributed by atoms with Crippen molar-refractivity contribution in [2.75, 3.05) is 6.54 Å². The normalized spacial score (nSPS) is 35.2. The van der Waals surface area contributed by atoms with Crippen LogP contribution in [0.15, 0.2) is 0 Å². The molecular formula is C10H20N2. The van der Waals surface area contributed by atoms with Crippen molar-refractivity contribution in [2.45, 2.75) is 56.5 Å². The van der Waals surface area contributed by atoms with Gasteiger partial charge in [-0.2, -0.15) is 0 Å². The molecule has 0 aromatic heterocycles. The van der Waals surface area contributed by atoms with Gasteiger partial charge >= 0.3 is 0 Å². The molecule has 1 heterocycles. The van der Waals surface area contributed by atoms with Gasteiger partial charge in [-0.15, -0.1) is 0 Å². The first-order valence-corrected chi connectivity index (χ1v) is 5.31.